The Kier molecular flexibility index (Phi) is 6.36. The molecular weight excluding hydrogens is 390 g/mol. The van der Waals surface area contributed by atoms with Crippen LogP contribution in [0.3, 0.4) is 0 Å². The Balaban J connectivity index is 1.39. The molecule has 0 amide bonds. The highest BCUT2D eigenvalue weighted by Crippen LogP contribution is 2.22. The van der Waals surface area contributed by atoms with Gasteiger partial charge in [-0.05, 0) is 24.6 Å². The van der Waals surface area contributed by atoms with E-state index in [9.17, 15) is 0 Å². The standard InChI is InChI=1S/C23H31N7O/c1-17-13-19(27-31-17)16-29-9-11-30(12-10-29)23(24-2)25-15-18-14-22(28(3)4)26-21-8-6-5-7-20(18)21/h5-8,13-14H,9-12,15-16H2,1-4H3,(H,24,25). The Morgan fingerprint density at radius 3 is 2.61 bits per heavy atom. The van der Waals surface area contributed by atoms with E-state index in [4.69, 9.17) is 9.51 Å². The van der Waals surface area contributed by atoms with Crippen molar-refractivity contribution in [3.8, 4) is 0 Å². The van der Waals surface area contributed by atoms with Crippen LogP contribution >= 0.6 is 0 Å². The van der Waals surface area contributed by atoms with Gasteiger partial charge < -0.3 is 19.6 Å². The van der Waals surface area contributed by atoms with Gasteiger partial charge in [0.2, 0.25) is 0 Å². The predicted molar refractivity (Wildman–Crippen MR) is 124 cm³/mol. The van der Waals surface area contributed by atoms with Gasteiger partial charge in [0, 0.05) is 71.9 Å². The van der Waals surface area contributed by atoms with Crippen molar-refractivity contribution in [3.63, 3.8) is 0 Å². The molecule has 3 heterocycles. The number of hydrogen-bond acceptors (Lipinski definition) is 6. The summed E-state index contributed by atoms with van der Waals surface area (Å²) in [5.41, 5.74) is 3.22. The maximum absolute atomic E-state index is 5.19. The number of aryl methyl sites for hydroxylation is 1. The highest BCUT2D eigenvalue weighted by molar-refractivity contribution is 5.85. The third-order valence-electron chi connectivity index (χ3n) is 5.63. The third-order valence-corrected chi connectivity index (χ3v) is 5.63. The molecular formula is C23H31N7O. The zero-order valence-corrected chi connectivity index (χ0v) is 18.8. The van der Waals surface area contributed by atoms with E-state index in [0.29, 0.717) is 6.54 Å². The molecule has 1 saturated heterocycles. The van der Waals surface area contributed by atoms with E-state index in [-0.39, 0.29) is 0 Å². The molecule has 0 unspecified atom stereocenters. The summed E-state index contributed by atoms with van der Waals surface area (Å²) >= 11 is 0. The summed E-state index contributed by atoms with van der Waals surface area (Å²) in [5.74, 6) is 2.76. The molecule has 0 spiro atoms. The lowest BCUT2D eigenvalue weighted by Gasteiger charge is -2.36. The molecule has 164 valence electrons. The molecule has 31 heavy (non-hydrogen) atoms. The van der Waals surface area contributed by atoms with Gasteiger partial charge in [-0.15, -0.1) is 0 Å². The van der Waals surface area contributed by atoms with E-state index >= 15 is 0 Å². The van der Waals surface area contributed by atoms with Gasteiger partial charge in [0.1, 0.15) is 11.6 Å². The van der Waals surface area contributed by atoms with Crippen LogP contribution in [0.15, 0.2) is 45.9 Å². The van der Waals surface area contributed by atoms with Crippen LogP contribution < -0.4 is 10.2 Å². The molecule has 4 rings (SSSR count). The molecule has 1 aliphatic rings. The Morgan fingerprint density at radius 1 is 1.16 bits per heavy atom. The van der Waals surface area contributed by atoms with Gasteiger partial charge in [0.25, 0.3) is 0 Å². The first-order valence-corrected chi connectivity index (χ1v) is 10.7. The molecule has 3 aromatic rings. The number of para-hydroxylation sites is 1. The first-order valence-electron chi connectivity index (χ1n) is 10.7. The zero-order chi connectivity index (χ0) is 21.8. The number of nitrogens with one attached hydrogen (secondary N) is 1. The van der Waals surface area contributed by atoms with Crippen molar-refractivity contribution < 1.29 is 4.52 Å². The van der Waals surface area contributed by atoms with Gasteiger partial charge in [-0.3, -0.25) is 9.89 Å². The number of fused-ring (bicyclic) bond motifs is 1. The minimum absolute atomic E-state index is 0.703. The third kappa shape index (κ3) is 4.96. The molecule has 0 atom stereocenters. The Hall–Kier alpha value is -3.13. The van der Waals surface area contributed by atoms with Gasteiger partial charge in [-0.25, -0.2) is 4.98 Å². The molecule has 0 radical (unpaired) electrons. The number of hydrogen-bond donors (Lipinski definition) is 1. The SMILES string of the molecule is CN=C(NCc1cc(N(C)C)nc2ccccc12)N1CCN(Cc2cc(C)on2)CC1. The lowest BCUT2D eigenvalue weighted by atomic mass is 10.1. The second-order valence-electron chi connectivity index (χ2n) is 8.14. The number of nitrogens with zero attached hydrogens (tertiary/aromatic N) is 6. The second-order valence-corrected chi connectivity index (χ2v) is 8.14. The summed E-state index contributed by atoms with van der Waals surface area (Å²) in [7, 11) is 5.89. The maximum Gasteiger partial charge on any atom is 0.194 e. The lowest BCUT2D eigenvalue weighted by Crippen LogP contribution is -2.52. The van der Waals surface area contributed by atoms with Gasteiger partial charge in [-0.1, -0.05) is 23.4 Å². The fraction of sp³-hybridized carbons (Fsp3) is 0.435. The summed E-state index contributed by atoms with van der Waals surface area (Å²) in [6.45, 7) is 7.25. The molecule has 0 saturated carbocycles. The van der Waals surface area contributed by atoms with E-state index in [1.165, 1.54) is 10.9 Å². The van der Waals surface area contributed by atoms with Crippen molar-refractivity contribution in [1.82, 2.24) is 25.3 Å². The minimum Gasteiger partial charge on any atom is -0.363 e. The van der Waals surface area contributed by atoms with Crippen molar-refractivity contribution in [2.75, 3.05) is 52.2 Å². The topological polar surface area (TPSA) is 73.0 Å². The van der Waals surface area contributed by atoms with Gasteiger partial charge >= 0.3 is 0 Å². The van der Waals surface area contributed by atoms with Crippen LogP contribution in [0.2, 0.25) is 0 Å². The monoisotopic (exact) mass is 421 g/mol. The average molecular weight is 422 g/mol. The lowest BCUT2D eigenvalue weighted by molar-refractivity contribution is 0.169. The number of anilines is 1. The normalized spacial score (nSPS) is 15.5. The molecule has 8 nitrogen and oxygen atoms in total. The Bertz CT molecular complexity index is 1050. The average Bonchev–Trinajstić information content (AvgIpc) is 3.19. The number of piperazine rings is 1. The summed E-state index contributed by atoms with van der Waals surface area (Å²) in [6, 6.07) is 12.5. The summed E-state index contributed by atoms with van der Waals surface area (Å²) in [4.78, 5) is 16.1. The number of rotatable bonds is 5. The van der Waals surface area contributed by atoms with Crippen molar-refractivity contribution in [2.24, 2.45) is 4.99 Å². The molecule has 2 aromatic heterocycles. The maximum atomic E-state index is 5.19. The van der Waals surface area contributed by atoms with Gasteiger partial charge in [0.15, 0.2) is 5.96 Å². The minimum atomic E-state index is 0.703. The number of benzene rings is 1. The Labute approximate surface area is 183 Å². The van der Waals surface area contributed by atoms with Crippen molar-refractivity contribution >= 4 is 22.7 Å². The van der Waals surface area contributed by atoms with E-state index in [1.807, 2.05) is 45.1 Å². The van der Waals surface area contributed by atoms with Crippen LogP contribution in [0.4, 0.5) is 5.82 Å². The van der Waals surface area contributed by atoms with Crippen LogP contribution in [0.25, 0.3) is 10.9 Å². The molecule has 0 aliphatic carbocycles. The fourth-order valence-corrected chi connectivity index (χ4v) is 3.95. The number of aromatic nitrogens is 2. The zero-order valence-electron chi connectivity index (χ0n) is 18.8. The molecule has 1 aliphatic heterocycles. The number of aliphatic imine (C=N–C) groups is 1. The van der Waals surface area contributed by atoms with E-state index in [0.717, 1.165) is 61.5 Å². The Morgan fingerprint density at radius 2 is 1.94 bits per heavy atom. The van der Waals surface area contributed by atoms with Crippen molar-refractivity contribution in [2.45, 2.75) is 20.0 Å². The molecule has 1 aromatic carbocycles. The van der Waals surface area contributed by atoms with Crippen molar-refractivity contribution in [3.05, 3.63) is 53.4 Å². The predicted octanol–water partition coefficient (Wildman–Crippen LogP) is 2.49. The van der Waals surface area contributed by atoms with E-state index in [1.54, 1.807) is 0 Å². The van der Waals surface area contributed by atoms with Crippen LogP contribution in [0, 0.1) is 6.92 Å². The quantitative estimate of drug-likeness (QED) is 0.501. The molecule has 1 fully saturated rings. The summed E-state index contributed by atoms with van der Waals surface area (Å²) < 4.78 is 5.19. The first-order chi connectivity index (χ1) is 15.0. The first kappa shape index (κ1) is 21.1. The number of pyridine rings is 1. The highest BCUT2D eigenvalue weighted by atomic mass is 16.5. The molecule has 1 N–H and O–H groups in total. The van der Waals surface area contributed by atoms with Gasteiger partial charge in [0.05, 0.1) is 11.2 Å². The van der Waals surface area contributed by atoms with Crippen LogP contribution in [-0.2, 0) is 13.1 Å². The highest BCUT2D eigenvalue weighted by Gasteiger charge is 2.20. The van der Waals surface area contributed by atoms with Crippen LogP contribution in [0.5, 0.6) is 0 Å². The molecule has 0 bridgehead atoms. The molecule has 8 heteroatoms. The van der Waals surface area contributed by atoms with E-state index in [2.05, 4.69) is 49.5 Å². The van der Waals surface area contributed by atoms with Gasteiger partial charge in [-0.2, -0.15) is 0 Å². The fourth-order valence-electron chi connectivity index (χ4n) is 3.95. The van der Waals surface area contributed by atoms with Crippen LogP contribution in [0.1, 0.15) is 17.0 Å². The van der Waals surface area contributed by atoms with Crippen LogP contribution in [-0.4, -0.2) is 73.2 Å². The summed E-state index contributed by atoms with van der Waals surface area (Å²) in [5, 5.41) is 8.85. The number of guanidine groups is 1. The van der Waals surface area contributed by atoms with E-state index < -0.39 is 0 Å². The second kappa shape index (κ2) is 9.34. The smallest absolute Gasteiger partial charge is 0.194 e. The largest absolute Gasteiger partial charge is 0.363 e. The van der Waals surface area contributed by atoms with Crippen molar-refractivity contribution in [1.29, 1.82) is 0 Å². The summed E-state index contributed by atoms with van der Waals surface area (Å²) in [6.07, 6.45) is 0.